The second-order valence-electron chi connectivity index (χ2n) is 6.26. The third-order valence-electron chi connectivity index (χ3n) is 3.25. The van der Waals surface area contributed by atoms with Gasteiger partial charge in [-0.25, -0.2) is 4.79 Å². The molecule has 0 saturated heterocycles. The Labute approximate surface area is 148 Å². The maximum Gasteiger partial charge on any atom is 0.345 e. The van der Waals surface area contributed by atoms with Crippen molar-refractivity contribution in [1.82, 2.24) is 10.6 Å². The van der Waals surface area contributed by atoms with Gasteiger partial charge in [0, 0.05) is 6.54 Å². The highest BCUT2D eigenvalue weighted by molar-refractivity contribution is 5.81. The first-order valence-corrected chi connectivity index (χ1v) is 8.45. The fourth-order valence-electron chi connectivity index (χ4n) is 1.83. The molecule has 3 unspecified atom stereocenters. The molecule has 4 N–H and O–H groups in total. The molecule has 25 heavy (non-hydrogen) atoms. The smallest absolute Gasteiger partial charge is 0.345 e. The van der Waals surface area contributed by atoms with Crippen molar-refractivity contribution in [3.8, 4) is 0 Å². The molecular weight excluding hydrogens is 328 g/mol. The van der Waals surface area contributed by atoms with Gasteiger partial charge < -0.3 is 20.3 Å². The highest BCUT2D eigenvalue weighted by atomic mass is 16.6. The minimum absolute atomic E-state index is 0.0221. The molecular formula is C17H30N2O6. The second kappa shape index (κ2) is 12.4. The van der Waals surface area contributed by atoms with Crippen LogP contribution in [0.5, 0.6) is 0 Å². The van der Waals surface area contributed by atoms with Crippen molar-refractivity contribution < 1.29 is 29.3 Å². The van der Waals surface area contributed by atoms with Crippen LogP contribution in [-0.4, -0.2) is 53.5 Å². The lowest BCUT2D eigenvalue weighted by molar-refractivity contribution is -0.167. The number of ether oxygens (including phenoxy) is 1. The summed E-state index contributed by atoms with van der Waals surface area (Å²) in [6.45, 7) is 7.06. The summed E-state index contributed by atoms with van der Waals surface area (Å²) in [5.74, 6) is -2.85. The number of allylic oxidation sites excluding steroid dienone is 1. The van der Waals surface area contributed by atoms with Crippen LogP contribution in [0, 0.1) is 11.8 Å². The van der Waals surface area contributed by atoms with Crippen molar-refractivity contribution in [2.75, 3.05) is 13.1 Å². The zero-order chi connectivity index (χ0) is 19.4. The van der Waals surface area contributed by atoms with Gasteiger partial charge in [0.25, 0.3) is 0 Å². The number of carbonyl (C=O) groups excluding carboxylic acids is 2. The van der Waals surface area contributed by atoms with Crippen LogP contribution in [0.25, 0.3) is 0 Å². The molecule has 3 atom stereocenters. The van der Waals surface area contributed by atoms with Crippen molar-refractivity contribution in [1.29, 1.82) is 0 Å². The van der Waals surface area contributed by atoms with Crippen LogP contribution in [0.3, 0.4) is 0 Å². The largest absolute Gasteiger partial charge is 0.479 e. The number of hydrogen-bond acceptors (Lipinski definition) is 6. The van der Waals surface area contributed by atoms with Gasteiger partial charge in [0.2, 0.25) is 5.91 Å². The van der Waals surface area contributed by atoms with Gasteiger partial charge in [0.15, 0.2) is 6.10 Å². The highest BCUT2D eigenvalue weighted by Crippen LogP contribution is 2.11. The van der Waals surface area contributed by atoms with E-state index in [-0.39, 0.29) is 31.3 Å². The number of carbonyl (C=O) groups is 3. The first kappa shape index (κ1) is 23.1. The van der Waals surface area contributed by atoms with E-state index in [0.29, 0.717) is 0 Å². The predicted molar refractivity (Wildman–Crippen MR) is 92.6 cm³/mol. The SMILES string of the molecule is CCC=CC(O)NCC(=O)NCC(C)C(=O)OC(CC(C)C)C(=O)O. The van der Waals surface area contributed by atoms with Crippen LogP contribution in [-0.2, 0) is 19.1 Å². The Morgan fingerprint density at radius 3 is 2.36 bits per heavy atom. The van der Waals surface area contributed by atoms with Crippen molar-refractivity contribution >= 4 is 17.8 Å². The minimum Gasteiger partial charge on any atom is -0.479 e. The number of carboxylic acids is 1. The monoisotopic (exact) mass is 358 g/mol. The highest BCUT2D eigenvalue weighted by Gasteiger charge is 2.26. The Morgan fingerprint density at radius 2 is 1.84 bits per heavy atom. The van der Waals surface area contributed by atoms with Gasteiger partial charge in [0.1, 0.15) is 6.23 Å². The molecule has 0 spiro atoms. The molecule has 0 radical (unpaired) electrons. The summed E-state index contributed by atoms with van der Waals surface area (Å²) in [6.07, 6.45) is 2.21. The Hall–Kier alpha value is -1.93. The van der Waals surface area contributed by atoms with Crippen LogP contribution in [0.2, 0.25) is 0 Å². The summed E-state index contributed by atoms with van der Waals surface area (Å²) >= 11 is 0. The zero-order valence-corrected chi connectivity index (χ0v) is 15.3. The van der Waals surface area contributed by atoms with Crippen LogP contribution in [0.4, 0.5) is 0 Å². The standard InChI is InChI=1S/C17H30N2O6/c1-5-6-7-14(20)19-10-15(21)18-9-12(4)17(24)25-13(16(22)23)8-11(2)3/h6-7,11-14,19-20H,5,8-10H2,1-4H3,(H,18,21)(H,22,23). The lowest BCUT2D eigenvalue weighted by Crippen LogP contribution is -2.41. The van der Waals surface area contributed by atoms with Gasteiger partial charge in [-0.05, 0) is 24.8 Å². The molecule has 8 heteroatoms. The summed E-state index contributed by atoms with van der Waals surface area (Å²) in [4.78, 5) is 34.7. The maximum absolute atomic E-state index is 11.9. The number of carboxylic acid groups (broad SMARTS) is 1. The van der Waals surface area contributed by atoms with E-state index in [1.807, 2.05) is 20.8 Å². The third kappa shape index (κ3) is 11.3. The first-order valence-electron chi connectivity index (χ1n) is 8.45. The summed E-state index contributed by atoms with van der Waals surface area (Å²) in [5.41, 5.74) is 0. The van der Waals surface area contributed by atoms with E-state index in [1.165, 1.54) is 6.08 Å². The lowest BCUT2D eigenvalue weighted by atomic mass is 10.1. The fraction of sp³-hybridized carbons (Fsp3) is 0.706. The first-order chi connectivity index (χ1) is 11.7. The van der Waals surface area contributed by atoms with Gasteiger partial charge in [-0.15, -0.1) is 0 Å². The normalized spacial score (nSPS) is 15.0. The average molecular weight is 358 g/mol. The molecule has 0 aromatic rings. The number of esters is 1. The quantitative estimate of drug-likeness (QED) is 0.229. The second-order valence-corrected chi connectivity index (χ2v) is 6.26. The van der Waals surface area contributed by atoms with Crippen LogP contribution in [0.15, 0.2) is 12.2 Å². The molecule has 0 aliphatic rings. The summed E-state index contributed by atoms with van der Waals surface area (Å²) in [5, 5.41) is 23.7. The summed E-state index contributed by atoms with van der Waals surface area (Å²) < 4.78 is 5.00. The molecule has 0 fully saturated rings. The molecule has 0 heterocycles. The molecule has 0 bridgehead atoms. The van der Waals surface area contributed by atoms with E-state index in [4.69, 9.17) is 9.84 Å². The Kier molecular flexibility index (Phi) is 11.5. The van der Waals surface area contributed by atoms with E-state index in [1.54, 1.807) is 13.0 Å². The number of aliphatic hydroxyl groups excluding tert-OH is 1. The number of aliphatic hydroxyl groups is 1. The molecule has 0 rings (SSSR count). The number of amides is 1. The van der Waals surface area contributed by atoms with Gasteiger partial charge in [-0.2, -0.15) is 0 Å². The average Bonchev–Trinajstić information content (AvgIpc) is 2.54. The third-order valence-corrected chi connectivity index (χ3v) is 3.25. The van der Waals surface area contributed by atoms with Crippen molar-refractivity contribution in [3.63, 3.8) is 0 Å². The molecule has 0 aromatic heterocycles. The topological polar surface area (TPSA) is 125 Å². The van der Waals surface area contributed by atoms with Gasteiger partial charge in [0.05, 0.1) is 12.5 Å². The Morgan fingerprint density at radius 1 is 1.20 bits per heavy atom. The van der Waals surface area contributed by atoms with Gasteiger partial charge >= 0.3 is 11.9 Å². The molecule has 144 valence electrons. The minimum atomic E-state index is -1.19. The van der Waals surface area contributed by atoms with E-state index < -0.39 is 30.2 Å². The van der Waals surface area contributed by atoms with Gasteiger partial charge in [-0.1, -0.05) is 33.8 Å². The molecule has 1 amide bonds. The van der Waals surface area contributed by atoms with Crippen molar-refractivity contribution in [3.05, 3.63) is 12.2 Å². The maximum atomic E-state index is 11.9. The molecule has 8 nitrogen and oxygen atoms in total. The number of aliphatic carboxylic acids is 1. The van der Waals surface area contributed by atoms with Crippen LogP contribution >= 0.6 is 0 Å². The number of hydrogen-bond donors (Lipinski definition) is 4. The van der Waals surface area contributed by atoms with Crippen molar-refractivity contribution in [2.45, 2.75) is 52.9 Å². The summed E-state index contributed by atoms with van der Waals surface area (Å²) in [7, 11) is 0. The molecule has 0 aliphatic carbocycles. The molecule has 0 aliphatic heterocycles. The Balaban J connectivity index is 4.24. The van der Waals surface area contributed by atoms with E-state index >= 15 is 0 Å². The molecule has 0 aromatic carbocycles. The molecule has 0 saturated carbocycles. The van der Waals surface area contributed by atoms with E-state index in [9.17, 15) is 19.5 Å². The van der Waals surface area contributed by atoms with E-state index in [2.05, 4.69) is 10.6 Å². The van der Waals surface area contributed by atoms with Gasteiger partial charge in [-0.3, -0.25) is 14.9 Å². The van der Waals surface area contributed by atoms with E-state index in [0.717, 1.165) is 6.42 Å². The number of rotatable bonds is 12. The van der Waals surface area contributed by atoms with Crippen molar-refractivity contribution in [2.24, 2.45) is 11.8 Å². The number of nitrogens with one attached hydrogen (secondary N) is 2. The predicted octanol–water partition coefficient (Wildman–Crippen LogP) is 0.655. The zero-order valence-electron chi connectivity index (χ0n) is 15.3. The lowest BCUT2D eigenvalue weighted by Gasteiger charge is -2.19. The van der Waals surface area contributed by atoms with Crippen LogP contribution in [0.1, 0.15) is 40.5 Å². The summed E-state index contributed by atoms with van der Waals surface area (Å²) in [6, 6.07) is 0. The Bertz CT molecular complexity index is 464. The van der Waals surface area contributed by atoms with Crippen LogP contribution < -0.4 is 10.6 Å². The fourth-order valence-corrected chi connectivity index (χ4v) is 1.83.